The second-order valence-electron chi connectivity index (χ2n) is 4.66. The van der Waals surface area contributed by atoms with E-state index in [2.05, 4.69) is 20.3 Å². The molecule has 2 N–H and O–H groups in total. The van der Waals surface area contributed by atoms with Gasteiger partial charge in [0.25, 0.3) is 0 Å². The Kier molecular flexibility index (Phi) is 4.66. The van der Waals surface area contributed by atoms with Crippen LogP contribution in [0.15, 0.2) is 34.9 Å². The van der Waals surface area contributed by atoms with Crippen LogP contribution >= 0.6 is 34.7 Å². The number of aromatic nitrogens is 3. The van der Waals surface area contributed by atoms with Crippen LogP contribution in [0, 0.1) is 0 Å². The standard InChI is InChI=1S/C14H13ClN4OS2/c1-8(11-3-2-4-21-11)17-12(20)7-22-14-18-10-5-9(15)6-16-13(10)19-14/h2-6,8H,7H2,1H3,(H,17,20)(H,16,18,19)/t8-/m0/s1. The number of rotatable bonds is 5. The number of carbonyl (C=O) groups is 1. The molecule has 1 atom stereocenters. The van der Waals surface area contributed by atoms with Crippen LogP contribution in [0.2, 0.25) is 5.02 Å². The van der Waals surface area contributed by atoms with Crippen molar-refractivity contribution in [1.82, 2.24) is 20.3 Å². The SMILES string of the molecule is C[C@H](NC(=O)CSc1nc2ncc(Cl)cc2[nH]1)c1cccs1. The van der Waals surface area contributed by atoms with Crippen LogP contribution in [0.5, 0.6) is 0 Å². The van der Waals surface area contributed by atoms with Crippen LogP contribution in [0.4, 0.5) is 0 Å². The first-order valence-corrected chi connectivity index (χ1v) is 8.83. The fourth-order valence-corrected chi connectivity index (χ4v) is 3.52. The van der Waals surface area contributed by atoms with Gasteiger partial charge in [0, 0.05) is 11.1 Å². The average molecular weight is 353 g/mol. The minimum atomic E-state index is -0.0302. The number of H-pyrrole nitrogens is 1. The Hall–Kier alpha value is -1.57. The van der Waals surface area contributed by atoms with Crippen molar-refractivity contribution in [2.24, 2.45) is 0 Å². The highest BCUT2D eigenvalue weighted by molar-refractivity contribution is 7.99. The normalized spacial score (nSPS) is 12.5. The van der Waals surface area contributed by atoms with Crippen molar-refractivity contribution in [3.8, 4) is 0 Å². The van der Waals surface area contributed by atoms with E-state index in [1.807, 2.05) is 24.4 Å². The number of hydrogen-bond acceptors (Lipinski definition) is 5. The number of halogens is 1. The highest BCUT2D eigenvalue weighted by Crippen LogP contribution is 2.21. The van der Waals surface area contributed by atoms with Gasteiger partial charge in [-0.15, -0.1) is 11.3 Å². The highest BCUT2D eigenvalue weighted by atomic mass is 35.5. The van der Waals surface area contributed by atoms with E-state index < -0.39 is 0 Å². The molecule has 0 unspecified atom stereocenters. The Balaban J connectivity index is 1.58. The molecule has 8 heteroatoms. The maximum Gasteiger partial charge on any atom is 0.230 e. The Morgan fingerprint density at radius 1 is 1.59 bits per heavy atom. The van der Waals surface area contributed by atoms with Crippen molar-refractivity contribution in [3.63, 3.8) is 0 Å². The first-order chi connectivity index (χ1) is 10.6. The first-order valence-electron chi connectivity index (χ1n) is 6.58. The van der Waals surface area contributed by atoms with Crippen LogP contribution < -0.4 is 5.32 Å². The molecule has 0 fully saturated rings. The van der Waals surface area contributed by atoms with Gasteiger partial charge < -0.3 is 10.3 Å². The summed E-state index contributed by atoms with van der Waals surface area (Å²) in [6.45, 7) is 1.97. The second kappa shape index (κ2) is 6.68. The molecule has 5 nitrogen and oxygen atoms in total. The summed E-state index contributed by atoms with van der Waals surface area (Å²) < 4.78 is 0. The van der Waals surface area contributed by atoms with Crippen LogP contribution in [-0.4, -0.2) is 26.6 Å². The Bertz CT molecular complexity index is 787. The van der Waals surface area contributed by atoms with Crippen molar-refractivity contribution in [1.29, 1.82) is 0 Å². The van der Waals surface area contributed by atoms with Gasteiger partial charge in [-0.3, -0.25) is 4.79 Å². The predicted molar refractivity (Wildman–Crippen MR) is 90.5 cm³/mol. The van der Waals surface area contributed by atoms with E-state index in [0.717, 1.165) is 10.4 Å². The number of nitrogens with one attached hydrogen (secondary N) is 2. The molecule has 0 aliphatic rings. The molecule has 0 saturated heterocycles. The molecular formula is C14H13ClN4OS2. The van der Waals surface area contributed by atoms with Crippen LogP contribution in [0.3, 0.4) is 0 Å². The van der Waals surface area contributed by atoms with Crippen molar-refractivity contribution in [2.45, 2.75) is 18.1 Å². The highest BCUT2D eigenvalue weighted by Gasteiger charge is 2.12. The molecule has 3 rings (SSSR count). The second-order valence-corrected chi connectivity index (χ2v) is 7.04. The summed E-state index contributed by atoms with van der Waals surface area (Å²) in [6.07, 6.45) is 1.55. The van der Waals surface area contributed by atoms with Gasteiger partial charge in [0.15, 0.2) is 10.8 Å². The zero-order valence-electron chi connectivity index (χ0n) is 11.7. The summed E-state index contributed by atoms with van der Waals surface area (Å²) in [6, 6.07) is 5.77. The Morgan fingerprint density at radius 3 is 3.23 bits per heavy atom. The quantitative estimate of drug-likeness (QED) is 0.688. The largest absolute Gasteiger partial charge is 0.348 e. The number of imidazole rings is 1. The monoisotopic (exact) mass is 352 g/mol. The number of nitrogens with zero attached hydrogens (tertiary/aromatic N) is 2. The summed E-state index contributed by atoms with van der Waals surface area (Å²) >= 11 is 8.85. The van der Waals surface area contributed by atoms with Gasteiger partial charge in [-0.05, 0) is 24.4 Å². The average Bonchev–Trinajstić information content (AvgIpc) is 3.13. The molecule has 3 aromatic rings. The third-order valence-electron chi connectivity index (χ3n) is 2.97. The third-order valence-corrected chi connectivity index (χ3v) is 5.10. The van der Waals surface area contributed by atoms with Gasteiger partial charge in [0.2, 0.25) is 5.91 Å². The molecule has 0 aromatic carbocycles. The maximum absolute atomic E-state index is 12.0. The molecule has 0 radical (unpaired) electrons. The van der Waals surface area contributed by atoms with Crippen LogP contribution in [-0.2, 0) is 4.79 Å². The number of hydrogen-bond donors (Lipinski definition) is 2. The topological polar surface area (TPSA) is 70.7 Å². The third kappa shape index (κ3) is 3.60. The molecule has 3 aromatic heterocycles. The lowest BCUT2D eigenvalue weighted by Gasteiger charge is -2.11. The summed E-state index contributed by atoms with van der Waals surface area (Å²) in [4.78, 5) is 24.7. The number of fused-ring (bicyclic) bond motifs is 1. The minimum Gasteiger partial charge on any atom is -0.348 e. The zero-order valence-corrected chi connectivity index (χ0v) is 14.1. The van der Waals surface area contributed by atoms with E-state index in [1.54, 1.807) is 23.6 Å². The lowest BCUT2D eigenvalue weighted by atomic mass is 10.3. The molecule has 3 heterocycles. The molecule has 0 aliphatic carbocycles. The summed E-state index contributed by atoms with van der Waals surface area (Å²) in [5.74, 6) is 0.265. The minimum absolute atomic E-state index is 0.0178. The number of thioether (sulfide) groups is 1. The molecule has 1 amide bonds. The molecule has 0 bridgehead atoms. The maximum atomic E-state index is 12.0. The number of carbonyl (C=O) groups excluding carboxylic acids is 1. The van der Waals surface area contributed by atoms with E-state index >= 15 is 0 Å². The van der Waals surface area contributed by atoms with Crippen molar-refractivity contribution < 1.29 is 4.79 Å². The van der Waals surface area contributed by atoms with Gasteiger partial charge in [0.1, 0.15) is 0 Å². The lowest BCUT2D eigenvalue weighted by Crippen LogP contribution is -2.27. The van der Waals surface area contributed by atoms with Gasteiger partial charge in [-0.1, -0.05) is 29.4 Å². The predicted octanol–water partition coefficient (Wildman–Crippen LogP) is 3.64. The molecule has 0 saturated carbocycles. The number of thiophene rings is 1. The van der Waals surface area contributed by atoms with E-state index in [0.29, 0.717) is 21.6 Å². The van der Waals surface area contributed by atoms with Gasteiger partial charge in [-0.2, -0.15) is 0 Å². The van der Waals surface area contributed by atoms with E-state index in [9.17, 15) is 4.79 Å². The lowest BCUT2D eigenvalue weighted by molar-refractivity contribution is -0.119. The molecule has 114 valence electrons. The van der Waals surface area contributed by atoms with Gasteiger partial charge in [0.05, 0.1) is 22.3 Å². The zero-order chi connectivity index (χ0) is 15.5. The van der Waals surface area contributed by atoms with Crippen molar-refractivity contribution in [2.75, 3.05) is 5.75 Å². The summed E-state index contributed by atoms with van der Waals surface area (Å²) in [7, 11) is 0. The molecule has 22 heavy (non-hydrogen) atoms. The molecular weight excluding hydrogens is 340 g/mol. The Labute approximate surface area is 140 Å². The first kappa shape index (κ1) is 15.3. The number of aromatic amines is 1. The van der Waals surface area contributed by atoms with Crippen molar-refractivity contribution >= 4 is 51.8 Å². The summed E-state index contributed by atoms with van der Waals surface area (Å²) in [5.41, 5.74) is 1.36. The number of pyridine rings is 1. The van der Waals surface area contributed by atoms with Crippen LogP contribution in [0.1, 0.15) is 17.8 Å². The van der Waals surface area contributed by atoms with E-state index in [4.69, 9.17) is 11.6 Å². The smallest absolute Gasteiger partial charge is 0.230 e. The van der Waals surface area contributed by atoms with Gasteiger partial charge >= 0.3 is 0 Å². The molecule has 0 spiro atoms. The van der Waals surface area contributed by atoms with E-state index in [-0.39, 0.29) is 11.9 Å². The number of amides is 1. The van der Waals surface area contributed by atoms with Crippen molar-refractivity contribution in [3.05, 3.63) is 39.7 Å². The summed E-state index contributed by atoms with van der Waals surface area (Å²) in [5, 5.41) is 6.17. The van der Waals surface area contributed by atoms with Gasteiger partial charge in [-0.25, -0.2) is 9.97 Å². The fraction of sp³-hybridized carbons (Fsp3) is 0.214. The van der Waals surface area contributed by atoms with Crippen LogP contribution in [0.25, 0.3) is 11.2 Å². The van der Waals surface area contributed by atoms with E-state index in [1.165, 1.54) is 11.8 Å². The Morgan fingerprint density at radius 2 is 2.45 bits per heavy atom. The molecule has 0 aliphatic heterocycles. The fourth-order valence-electron chi connectivity index (χ4n) is 1.95.